The molecule has 0 aliphatic carbocycles. The first kappa shape index (κ1) is 15.8. The van der Waals surface area contributed by atoms with Gasteiger partial charge >= 0.3 is 0 Å². The van der Waals surface area contributed by atoms with E-state index >= 15 is 0 Å². The maximum absolute atomic E-state index is 10.0. The number of benzene rings is 1. The van der Waals surface area contributed by atoms with Crippen molar-refractivity contribution in [3.63, 3.8) is 0 Å². The normalized spacial score (nSPS) is 12.3. The smallest absolute Gasteiger partial charge is 0.119 e. The summed E-state index contributed by atoms with van der Waals surface area (Å²) >= 11 is 0. The van der Waals surface area contributed by atoms with Gasteiger partial charge in [-0.15, -0.1) is 0 Å². The maximum Gasteiger partial charge on any atom is 0.119 e. The molecule has 1 aromatic rings. The molecule has 4 nitrogen and oxygen atoms in total. The fraction of sp³-hybridized carbons (Fsp3) is 0.600. The van der Waals surface area contributed by atoms with Crippen LogP contribution in [0.3, 0.4) is 0 Å². The number of methoxy groups -OCH3 is 1. The highest BCUT2D eigenvalue weighted by molar-refractivity contribution is 5.31. The van der Waals surface area contributed by atoms with Gasteiger partial charge in [-0.3, -0.25) is 0 Å². The molecule has 0 radical (unpaired) electrons. The van der Waals surface area contributed by atoms with Gasteiger partial charge in [-0.1, -0.05) is 0 Å². The van der Waals surface area contributed by atoms with Crippen molar-refractivity contribution in [2.75, 3.05) is 20.3 Å². The van der Waals surface area contributed by atoms with E-state index < -0.39 is 5.60 Å². The molecule has 0 saturated carbocycles. The Hall–Kier alpha value is -1.26. The molecule has 0 saturated heterocycles. The lowest BCUT2D eigenvalue weighted by atomic mass is 9.86. The first-order valence-electron chi connectivity index (χ1n) is 6.50. The third kappa shape index (κ3) is 4.73. The molecule has 0 amide bonds. The maximum atomic E-state index is 10.0. The van der Waals surface area contributed by atoms with Crippen LogP contribution in [0, 0.1) is 0 Å². The average Bonchev–Trinajstić information content (AvgIpc) is 2.34. The summed E-state index contributed by atoms with van der Waals surface area (Å²) in [5.41, 5.74) is -1.15. The Morgan fingerprint density at radius 2 is 1.58 bits per heavy atom. The Morgan fingerprint density at radius 1 is 1.05 bits per heavy atom. The summed E-state index contributed by atoms with van der Waals surface area (Å²) in [6.45, 7) is 8.75. The topological polar surface area (TPSA) is 50.7 Å². The Bertz CT molecular complexity index is 379. The van der Waals surface area contributed by atoms with E-state index in [2.05, 4.69) is 5.32 Å². The molecule has 0 heterocycles. The Kier molecular flexibility index (Phi) is 5.20. The molecule has 4 heteroatoms. The van der Waals surface area contributed by atoms with Crippen molar-refractivity contribution < 1.29 is 14.6 Å². The van der Waals surface area contributed by atoms with Crippen LogP contribution < -0.4 is 14.8 Å². The average molecular weight is 267 g/mol. The third-order valence-corrected chi connectivity index (χ3v) is 3.53. The first-order valence-corrected chi connectivity index (χ1v) is 6.50. The number of hydrogen-bond acceptors (Lipinski definition) is 4. The summed E-state index contributed by atoms with van der Waals surface area (Å²) in [5, 5.41) is 13.3. The molecule has 2 N–H and O–H groups in total. The number of aliphatic hydroxyl groups is 1. The highest BCUT2D eigenvalue weighted by Crippen LogP contribution is 2.20. The number of rotatable bonds is 7. The molecule has 1 rings (SSSR count). The molecular formula is C15H25NO3. The van der Waals surface area contributed by atoms with Crippen molar-refractivity contribution in [1.82, 2.24) is 5.32 Å². The summed E-state index contributed by atoms with van der Waals surface area (Å²) in [6, 6.07) is 7.48. The molecule has 0 unspecified atom stereocenters. The van der Waals surface area contributed by atoms with E-state index in [-0.39, 0.29) is 5.54 Å². The van der Waals surface area contributed by atoms with Crippen LogP contribution in [-0.2, 0) is 0 Å². The van der Waals surface area contributed by atoms with Gasteiger partial charge in [0.1, 0.15) is 18.1 Å². The van der Waals surface area contributed by atoms with Crippen LogP contribution in [0.4, 0.5) is 0 Å². The molecular weight excluding hydrogens is 242 g/mol. The van der Waals surface area contributed by atoms with Crippen LogP contribution >= 0.6 is 0 Å². The van der Waals surface area contributed by atoms with Crippen molar-refractivity contribution in [2.45, 2.75) is 38.8 Å². The van der Waals surface area contributed by atoms with Gasteiger partial charge in [-0.05, 0) is 52.0 Å². The highest BCUT2D eigenvalue weighted by Gasteiger charge is 2.34. The zero-order valence-electron chi connectivity index (χ0n) is 12.5. The fourth-order valence-corrected chi connectivity index (χ4v) is 1.42. The second-order valence-corrected chi connectivity index (χ2v) is 5.63. The van der Waals surface area contributed by atoms with Crippen LogP contribution in [0.25, 0.3) is 0 Å². The SMILES string of the molecule is COc1ccc(OCCNC(C)(C)C(C)(C)O)cc1. The Balaban J connectivity index is 2.34. The van der Waals surface area contributed by atoms with Crippen LogP contribution in [0.1, 0.15) is 27.7 Å². The van der Waals surface area contributed by atoms with E-state index in [0.29, 0.717) is 13.2 Å². The number of nitrogens with one attached hydrogen (secondary N) is 1. The van der Waals surface area contributed by atoms with E-state index in [4.69, 9.17) is 9.47 Å². The zero-order chi connectivity index (χ0) is 14.5. The summed E-state index contributed by atoms with van der Waals surface area (Å²) in [4.78, 5) is 0. The van der Waals surface area contributed by atoms with Crippen molar-refractivity contribution in [2.24, 2.45) is 0 Å². The minimum atomic E-state index is -0.785. The van der Waals surface area contributed by atoms with Gasteiger partial charge in [0.2, 0.25) is 0 Å². The van der Waals surface area contributed by atoms with E-state index in [1.165, 1.54) is 0 Å². The molecule has 0 fully saturated rings. The number of hydrogen-bond donors (Lipinski definition) is 2. The van der Waals surface area contributed by atoms with Gasteiger partial charge in [-0.2, -0.15) is 0 Å². The molecule has 0 aliphatic rings. The lowest BCUT2D eigenvalue weighted by Crippen LogP contribution is -2.56. The van der Waals surface area contributed by atoms with Gasteiger partial charge < -0.3 is 19.9 Å². The van der Waals surface area contributed by atoms with Crippen molar-refractivity contribution in [1.29, 1.82) is 0 Å². The van der Waals surface area contributed by atoms with Gasteiger partial charge in [-0.25, -0.2) is 0 Å². The second-order valence-electron chi connectivity index (χ2n) is 5.63. The predicted molar refractivity (Wildman–Crippen MR) is 76.9 cm³/mol. The molecule has 0 aromatic heterocycles. The first-order chi connectivity index (χ1) is 8.76. The summed E-state index contributed by atoms with van der Waals surface area (Å²) in [5.74, 6) is 1.62. The van der Waals surface area contributed by atoms with Crippen LogP contribution in [0.15, 0.2) is 24.3 Å². The van der Waals surface area contributed by atoms with Crippen LogP contribution in [-0.4, -0.2) is 36.5 Å². The highest BCUT2D eigenvalue weighted by atomic mass is 16.5. The Labute approximate surface area is 115 Å². The predicted octanol–water partition coefficient (Wildman–Crippen LogP) is 2.21. The molecule has 0 spiro atoms. The lowest BCUT2D eigenvalue weighted by Gasteiger charge is -2.38. The van der Waals surface area contributed by atoms with Gasteiger partial charge in [0.15, 0.2) is 0 Å². The number of ether oxygens (including phenoxy) is 2. The summed E-state index contributed by atoms with van der Waals surface area (Å²) in [6.07, 6.45) is 0. The lowest BCUT2D eigenvalue weighted by molar-refractivity contribution is -0.00550. The van der Waals surface area contributed by atoms with E-state index in [9.17, 15) is 5.11 Å². The van der Waals surface area contributed by atoms with E-state index in [0.717, 1.165) is 11.5 Å². The molecule has 0 aliphatic heterocycles. The quantitative estimate of drug-likeness (QED) is 0.744. The molecule has 0 atom stereocenters. The van der Waals surface area contributed by atoms with Crippen LogP contribution in [0.5, 0.6) is 11.5 Å². The summed E-state index contributed by atoms with van der Waals surface area (Å²) < 4.78 is 10.7. The third-order valence-electron chi connectivity index (χ3n) is 3.53. The van der Waals surface area contributed by atoms with Gasteiger partial charge in [0.25, 0.3) is 0 Å². The van der Waals surface area contributed by atoms with Crippen molar-refractivity contribution in [3.05, 3.63) is 24.3 Å². The van der Waals surface area contributed by atoms with Gasteiger partial charge in [0, 0.05) is 12.1 Å². The molecule has 108 valence electrons. The summed E-state index contributed by atoms with van der Waals surface area (Å²) in [7, 11) is 1.64. The van der Waals surface area contributed by atoms with Crippen molar-refractivity contribution in [3.8, 4) is 11.5 Å². The fourth-order valence-electron chi connectivity index (χ4n) is 1.42. The van der Waals surface area contributed by atoms with E-state index in [1.807, 2.05) is 38.1 Å². The minimum absolute atomic E-state index is 0.365. The monoisotopic (exact) mass is 267 g/mol. The zero-order valence-corrected chi connectivity index (χ0v) is 12.5. The minimum Gasteiger partial charge on any atom is -0.497 e. The molecule has 1 aromatic carbocycles. The Morgan fingerprint density at radius 3 is 2.05 bits per heavy atom. The standard InChI is InChI=1S/C15H25NO3/c1-14(2,15(3,4)17)16-10-11-19-13-8-6-12(18-5)7-9-13/h6-9,16-17H,10-11H2,1-5H3. The molecule has 19 heavy (non-hydrogen) atoms. The van der Waals surface area contributed by atoms with Gasteiger partial charge in [0.05, 0.1) is 12.7 Å². The van der Waals surface area contributed by atoms with E-state index in [1.54, 1.807) is 21.0 Å². The second kappa shape index (κ2) is 6.26. The van der Waals surface area contributed by atoms with Crippen molar-refractivity contribution >= 4 is 0 Å². The van der Waals surface area contributed by atoms with Crippen LogP contribution in [0.2, 0.25) is 0 Å². The largest absolute Gasteiger partial charge is 0.497 e. The molecule has 0 bridgehead atoms.